The highest BCUT2D eigenvalue weighted by Gasteiger charge is 2.29. The van der Waals surface area contributed by atoms with E-state index < -0.39 is 0 Å². The summed E-state index contributed by atoms with van der Waals surface area (Å²) >= 11 is 0. The summed E-state index contributed by atoms with van der Waals surface area (Å²) in [4.78, 5) is 12.6. The summed E-state index contributed by atoms with van der Waals surface area (Å²) in [6.07, 6.45) is 6.13. The molecule has 0 atom stereocenters. The molecule has 21 heavy (non-hydrogen) atoms. The first-order chi connectivity index (χ1) is 10.1. The van der Waals surface area contributed by atoms with Crippen LogP contribution in [0.5, 0.6) is 0 Å². The Morgan fingerprint density at radius 1 is 1.19 bits per heavy atom. The molecule has 0 unspecified atom stereocenters. The summed E-state index contributed by atoms with van der Waals surface area (Å²) < 4.78 is 5.59. The maximum atomic E-state index is 12.6. The van der Waals surface area contributed by atoms with Crippen LogP contribution < -0.4 is 5.56 Å². The summed E-state index contributed by atoms with van der Waals surface area (Å²) in [6, 6.07) is 3.92. The van der Waals surface area contributed by atoms with Gasteiger partial charge in [-0.15, -0.1) is 10.2 Å². The lowest BCUT2D eigenvalue weighted by Crippen LogP contribution is -2.23. The van der Waals surface area contributed by atoms with Gasteiger partial charge in [-0.25, -0.2) is 0 Å². The molecule has 4 rings (SSSR count). The van der Waals surface area contributed by atoms with Crippen LogP contribution in [0.25, 0.3) is 10.9 Å². The van der Waals surface area contributed by atoms with E-state index in [9.17, 15) is 4.79 Å². The largest absolute Gasteiger partial charge is 0.346 e. The Balaban J connectivity index is 1.75. The van der Waals surface area contributed by atoms with E-state index in [2.05, 4.69) is 10.2 Å². The van der Waals surface area contributed by atoms with Crippen LogP contribution >= 0.6 is 0 Å². The summed E-state index contributed by atoms with van der Waals surface area (Å²) in [6.45, 7) is 0.455. The van der Waals surface area contributed by atoms with Crippen molar-refractivity contribution in [1.82, 2.24) is 23.9 Å². The highest BCUT2D eigenvalue weighted by atomic mass is 16.1. The van der Waals surface area contributed by atoms with Gasteiger partial charge in [0.25, 0.3) is 5.56 Å². The summed E-state index contributed by atoms with van der Waals surface area (Å²) in [5, 5.41) is 9.48. The molecule has 3 aromatic rings. The van der Waals surface area contributed by atoms with Crippen LogP contribution in [0, 0.1) is 0 Å². The third-order valence-electron chi connectivity index (χ3n) is 4.25. The van der Waals surface area contributed by atoms with Crippen LogP contribution in [0.4, 0.5) is 0 Å². The number of aryl methyl sites for hydroxylation is 1. The number of hydrogen-bond acceptors (Lipinski definition) is 3. The van der Waals surface area contributed by atoms with Crippen molar-refractivity contribution in [2.24, 2.45) is 14.1 Å². The molecule has 1 saturated carbocycles. The molecule has 1 aliphatic rings. The minimum Gasteiger partial charge on any atom is -0.346 e. The van der Waals surface area contributed by atoms with Gasteiger partial charge in [-0.3, -0.25) is 4.79 Å². The van der Waals surface area contributed by atoms with Crippen molar-refractivity contribution in [1.29, 1.82) is 0 Å². The number of fused-ring (bicyclic) bond motifs is 1. The minimum absolute atomic E-state index is 0.0102. The Bertz CT molecular complexity index is 881. The van der Waals surface area contributed by atoms with Gasteiger partial charge in [0.1, 0.15) is 11.3 Å². The van der Waals surface area contributed by atoms with E-state index in [0.29, 0.717) is 12.5 Å². The lowest BCUT2D eigenvalue weighted by atomic mass is 10.3. The molecule has 3 aromatic heterocycles. The summed E-state index contributed by atoms with van der Waals surface area (Å²) in [5.74, 6) is 2.42. The zero-order valence-electron chi connectivity index (χ0n) is 12.2. The van der Waals surface area contributed by atoms with E-state index >= 15 is 0 Å². The van der Waals surface area contributed by atoms with Gasteiger partial charge >= 0.3 is 0 Å². The second-order valence-corrected chi connectivity index (χ2v) is 5.79. The van der Waals surface area contributed by atoms with Crippen molar-refractivity contribution in [3.63, 3.8) is 0 Å². The van der Waals surface area contributed by atoms with Crippen molar-refractivity contribution >= 4 is 10.9 Å². The predicted octanol–water partition coefficient (Wildman–Crippen LogP) is 1.39. The second-order valence-electron chi connectivity index (χ2n) is 5.79. The molecule has 6 nitrogen and oxygen atoms in total. The van der Waals surface area contributed by atoms with Gasteiger partial charge in [-0.2, -0.15) is 0 Å². The fraction of sp³-hybridized carbons (Fsp3) is 0.400. The monoisotopic (exact) mass is 283 g/mol. The highest BCUT2D eigenvalue weighted by molar-refractivity contribution is 5.78. The fourth-order valence-electron chi connectivity index (χ4n) is 2.82. The van der Waals surface area contributed by atoms with Crippen LogP contribution in [0.15, 0.2) is 29.3 Å². The Hall–Kier alpha value is -2.37. The summed E-state index contributed by atoms with van der Waals surface area (Å²) in [5.41, 5.74) is 0.734. The van der Waals surface area contributed by atoms with Crippen LogP contribution in [0.2, 0.25) is 0 Å². The van der Waals surface area contributed by atoms with Gasteiger partial charge < -0.3 is 13.7 Å². The van der Waals surface area contributed by atoms with Crippen molar-refractivity contribution < 1.29 is 0 Å². The first-order valence-electron chi connectivity index (χ1n) is 7.18. The molecule has 0 bridgehead atoms. The molecule has 0 radical (unpaired) electrons. The first kappa shape index (κ1) is 12.4. The molecule has 0 N–H and O–H groups in total. The number of pyridine rings is 1. The second kappa shape index (κ2) is 4.31. The smallest absolute Gasteiger partial charge is 0.275 e. The standard InChI is InChI=1S/C15H17N5O/c1-18-7-5-10-6-8-20(15(21)13(10)18)9-12-16-17-14(19(12)2)11-3-4-11/h5-8,11H,3-4,9H2,1-2H3. The van der Waals surface area contributed by atoms with Gasteiger partial charge in [-0.05, 0) is 25.0 Å². The van der Waals surface area contributed by atoms with Gasteiger partial charge in [0.05, 0.1) is 6.54 Å². The van der Waals surface area contributed by atoms with Gasteiger partial charge in [0.2, 0.25) is 0 Å². The molecule has 0 amide bonds. The normalized spacial score (nSPS) is 15.0. The molecule has 1 fully saturated rings. The third-order valence-corrected chi connectivity index (χ3v) is 4.25. The first-order valence-corrected chi connectivity index (χ1v) is 7.18. The van der Waals surface area contributed by atoms with Crippen LogP contribution in [0.1, 0.15) is 30.4 Å². The minimum atomic E-state index is 0.0102. The molecular weight excluding hydrogens is 266 g/mol. The molecule has 0 saturated heterocycles. The van der Waals surface area contributed by atoms with E-state index in [1.807, 2.05) is 47.8 Å². The van der Waals surface area contributed by atoms with Crippen molar-refractivity contribution in [3.05, 3.63) is 46.5 Å². The SMILES string of the molecule is Cn1c(Cn2ccc3ccn(C)c3c2=O)nnc1C1CC1. The molecule has 6 heteroatoms. The van der Waals surface area contributed by atoms with Gasteiger partial charge in [0, 0.05) is 37.8 Å². The van der Waals surface area contributed by atoms with Crippen molar-refractivity contribution in [2.45, 2.75) is 25.3 Å². The maximum Gasteiger partial charge on any atom is 0.275 e. The number of hydrogen-bond donors (Lipinski definition) is 0. The Morgan fingerprint density at radius 3 is 2.71 bits per heavy atom. The van der Waals surface area contributed by atoms with Crippen molar-refractivity contribution in [2.75, 3.05) is 0 Å². The molecule has 1 aliphatic carbocycles. The Morgan fingerprint density at radius 2 is 1.95 bits per heavy atom. The Labute approximate surface area is 121 Å². The molecular formula is C15H17N5O. The number of aromatic nitrogens is 5. The fourth-order valence-corrected chi connectivity index (χ4v) is 2.82. The molecule has 108 valence electrons. The van der Waals surface area contributed by atoms with Gasteiger partial charge in [0.15, 0.2) is 5.82 Å². The lowest BCUT2D eigenvalue weighted by molar-refractivity contribution is 0.667. The van der Waals surface area contributed by atoms with E-state index in [0.717, 1.165) is 22.6 Å². The molecule has 0 aromatic carbocycles. The lowest BCUT2D eigenvalue weighted by Gasteiger charge is -2.07. The number of rotatable bonds is 3. The topological polar surface area (TPSA) is 57.6 Å². The average Bonchev–Trinajstić information content (AvgIpc) is 3.15. The van der Waals surface area contributed by atoms with Gasteiger partial charge in [-0.1, -0.05) is 0 Å². The zero-order chi connectivity index (χ0) is 14.6. The molecule has 3 heterocycles. The molecule has 0 aliphatic heterocycles. The van der Waals surface area contributed by atoms with Crippen LogP contribution in [-0.2, 0) is 20.6 Å². The maximum absolute atomic E-state index is 12.6. The van der Waals surface area contributed by atoms with E-state index in [4.69, 9.17) is 0 Å². The van der Waals surface area contributed by atoms with Crippen LogP contribution in [-0.4, -0.2) is 23.9 Å². The van der Waals surface area contributed by atoms with Crippen molar-refractivity contribution in [3.8, 4) is 0 Å². The highest BCUT2D eigenvalue weighted by Crippen LogP contribution is 2.38. The van der Waals surface area contributed by atoms with E-state index in [1.165, 1.54) is 12.8 Å². The summed E-state index contributed by atoms with van der Waals surface area (Å²) in [7, 11) is 3.87. The predicted molar refractivity (Wildman–Crippen MR) is 79.3 cm³/mol. The molecule has 0 spiro atoms. The Kier molecular flexibility index (Phi) is 2.54. The average molecular weight is 283 g/mol. The third kappa shape index (κ3) is 1.90. The van der Waals surface area contributed by atoms with E-state index in [-0.39, 0.29) is 5.56 Å². The quantitative estimate of drug-likeness (QED) is 0.730. The number of nitrogens with zero attached hydrogens (tertiary/aromatic N) is 5. The van der Waals surface area contributed by atoms with Crippen LogP contribution in [0.3, 0.4) is 0 Å². The zero-order valence-corrected chi connectivity index (χ0v) is 12.2. The van der Waals surface area contributed by atoms with E-state index in [1.54, 1.807) is 4.57 Å².